The molecule has 2 aromatic carbocycles. The van der Waals surface area contributed by atoms with Crippen LogP contribution in [0.25, 0.3) is 0 Å². The van der Waals surface area contributed by atoms with Gasteiger partial charge in [0.2, 0.25) is 0 Å². The zero-order valence-corrected chi connectivity index (χ0v) is 11.4. The molecule has 1 aliphatic carbocycles. The topological polar surface area (TPSA) is 20.2 Å². The molecule has 104 valence electrons. The van der Waals surface area contributed by atoms with Crippen molar-refractivity contribution in [1.82, 2.24) is 0 Å². The van der Waals surface area contributed by atoms with E-state index in [1.165, 1.54) is 23.3 Å². The first-order valence-electron chi connectivity index (χ1n) is 7.24. The smallest absolute Gasteiger partial charge is 0.123 e. The molecule has 2 heteroatoms. The summed E-state index contributed by atoms with van der Waals surface area (Å²) in [7, 11) is 0. The van der Waals surface area contributed by atoms with Gasteiger partial charge in [-0.25, -0.2) is 4.39 Å². The third-order valence-electron chi connectivity index (χ3n) is 4.21. The monoisotopic (exact) mass is 270 g/mol. The van der Waals surface area contributed by atoms with E-state index in [0.717, 1.165) is 24.8 Å². The predicted molar refractivity (Wildman–Crippen MR) is 78.2 cm³/mol. The summed E-state index contributed by atoms with van der Waals surface area (Å²) in [6.07, 6.45) is 3.28. The van der Waals surface area contributed by atoms with E-state index in [9.17, 15) is 9.50 Å². The number of aryl methyl sites for hydroxylation is 1. The van der Waals surface area contributed by atoms with Crippen LogP contribution in [-0.2, 0) is 12.8 Å². The normalized spacial score (nSPS) is 19.4. The third-order valence-corrected chi connectivity index (χ3v) is 4.21. The van der Waals surface area contributed by atoms with E-state index in [1.54, 1.807) is 6.07 Å². The van der Waals surface area contributed by atoms with E-state index in [-0.39, 0.29) is 11.7 Å². The summed E-state index contributed by atoms with van der Waals surface area (Å²) in [5.74, 6) is -0.0676. The van der Waals surface area contributed by atoms with Crippen LogP contribution in [0.3, 0.4) is 0 Å². The number of rotatable bonds is 3. The minimum atomic E-state index is -0.446. The molecular weight excluding hydrogens is 251 g/mol. The molecule has 0 amide bonds. The number of hydrogen-bond acceptors (Lipinski definition) is 1. The lowest BCUT2D eigenvalue weighted by molar-refractivity contribution is 0.134. The van der Waals surface area contributed by atoms with E-state index >= 15 is 0 Å². The summed E-state index contributed by atoms with van der Waals surface area (Å²) in [5.41, 5.74) is 3.48. The van der Waals surface area contributed by atoms with Crippen LogP contribution in [0, 0.1) is 5.82 Å². The second-order valence-electron chi connectivity index (χ2n) is 5.60. The molecule has 0 heterocycles. The maximum atomic E-state index is 13.2. The summed E-state index contributed by atoms with van der Waals surface area (Å²) in [4.78, 5) is 0. The maximum absolute atomic E-state index is 13.2. The van der Waals surface area contributed by atoms with Crippen molar-refractivity contribution in [3.63, 3.8) is 0 Å². The minimum absolute atomic E-state index is 0.170. The zero-order valence-electron chi connectivity index (χ0n) is 11.4. The molecule has 0 radical (unpaired) electrons. The van der Waals surface area contributed by atoms with Crippen molar-refractivity contribution in [1.29, 1.82) is 0 Å². The Balaban J connectivity index is 1.80. The van der Waals surface area contributed by atoms with Crippen molar-refractivity contribution < 1.29 is 9.50 Å². The summed E-state index contributed by atoms with van der Waals surface area (Å²) >= 11 is 0. The predicted octanol–water partition coefficient (Wildman–Crippen LogP) is 3.85. The Bertz CT molecular complexity index is 593. The SMILES string of the molecule is OC(Cc1cccc(F)c1)C1CCCc2ccccc21. The lowest BCUT2D eigenvalue weighted by Crippen LogP contribution is -2.25. The third kappa shape index (κ3) is 2.75. The lowest BCUT2D eigenvalue weighted by Gasteiger charge is -2.29. The highest BCUT2D eigenvalue weighted by Gasteiger charge is 2.26. The van der Waals surface area contributed by atoms with Gasteiger partial charge < -0.3 is 5.11 Å². The fourth-order valence-corrected chi connectivity index (χ4v) is 3.24. The van der Waals surface area contributed by atoms with Gasteiger partial charge in [0.15, 0.2) is 0 Å². The van der Waals surface area contributed by atoms with Crippen molar-refractivity contribution in [2.75, 3.05) is 0 Å². The molecule has 20 heavy (non-hydrogen) atoms. The minimum Gasteiger partial charge on any atom is -0.392 e. The molecule has 1 N–H and O–H groups in total. The number of benzene rings is 2. The average molecular weight is 270 g/mol. The molecule has 0 bridgehead atoms. The van der Waals surface area contributed by atoms with Crippen molar-refractivity contribution in [2.45, 2.75) is 37.7 Å². The Kier molecular flexibility index (Phi) is 3.83. The number of hydrogen-bond donors (Lipinski definition) is 1. The molecule has 0 saturated carbocycles. The van der Waals surface area contributed by atoms with Crippen molar-refractivity contribution in [3.8, 4) is 0 Å². The van der Waals surface area contributed by atoms with Crippen LogP contribution >= 0.6 is 0 Å². The summed E-state index contributed by atoms with van der Waals surface area (Å²) in [6.45, 7) is 0. The van der Waals surface area contributed by atoms with Gasteiger partial charge in [0.05, 0.1) is 6.10 Å². The van der Waals surface area contributed by atoms with E-state index in [1.807, 2.05) is 12.1 Å². The first kappa shape index (κ1) is 13.3. The van der Waals surface area contributed by atoms with E-state index in [2.05, 4.69) is 18.2 Å². The Hall–Kier alpha value is -1.67. The molecule has 1 aliphatic rings. The standard InChI is InChI=1S/C18H19FO/c19-15-8-3-5-13(11-15)12-18(20)17-10-4-7-14-6-1-2-9-16(14)17/h1-3,5-6,8-9,11,17-18,20H,4,7,10,12H2. The van der Waals surface area contributed by atoms with Gasteiger partial charge in [-0.15, -0.1) is 0 Å². The van der Waals surface area contributed by atoms with Gasteiger partial charge in [-0.2, -0.15) is 0 Å². The fraction of sp³-hybridized carbons (Fsp3) is 0.333. The fourth-order valence-electron chi connectivity index (χ4n) is 3.24. The molecule has 1 nitrogen and oxygen atoms in total. The van der Waals surface area contributed by atoms with Gasteiger partial charge in [0.25, 0.3) is 0 Å². The largest absolute Gasteiger partial charge is 0.392 e. The van der Waals surface area contributed by atoms with Crippen LogP contribution in [0.15, 0.2) is 48.5 Å². The highest BCUT2D eigenvalue weighted by molar-refractivity contribution is 5.34. The Labute approximate surface area is 119 Å². The quantitative estimate of drug-likeness (QED) is 0.898. The van der Waals surface area contributed by atoms with Gasteiger partial charge in [-0.1, -0.05) is 36.4 Å². The van der Waals surface area contributed by atoms with Gasteiger partial charge in [0.1, 0.15) is 5.82 Å². The molecule has 0 aliphatic heterocycles. The van der Waals surface area contributed by atoms with E-state index in [4.69, 9.17) is 0 Å². The Morgan fingerprint density at radius 3 is 2.85 bits per heavy atom. The summed E-state index contributed by atoms with van der Waals surface area (Å²) in [5, 5.41) is 10.5. The number of halogens is 1. The van der Waals surface area contributed by atoms with E-state index in [0.29, 0.717) is 6.42 Å². The highest BCUT2D eigenvalue weighted by Crippen LogP contribution is 2.34. The van der Waals surface area contributed by atoms with Crippen molar-refractivity contribution in [3.05, 3.63) is 71.0 Å². The second kappa shape index (κ2) is 5.76. The molecule has 2 unspecified atom stereocenters. The van der Waals surface area contributed by atoms with Crippen LogP contribution in [0.1, 0.15) is 35.4 Å². The van der Waals surface area contributed by atoms with Crippen LogP contribution in [0.2, 0.25) is 0 Å². The van der Waals surface area contributed by atoms with Crippen LogP contribution in [0.5, 0.6) is 0 Å². The van der Waals surface area contributed by atoms with Crippen LogP contribution < -0.4 is 0 Å². The van der Waals surface area contributed by atoms with Gasteiger partial charge in [0, 0.05) is 5.92 Å². The first-order valence-corrected chi connectivity index (χ1v) is 7.24. The number of aliphatic hydroxyl groups excluding tert-OH is 1. The molecule has 0 spiro atoms. The highest BCUT2D eigenvalue weighted by atomic mass is 19.1. The molecule has 0 saturated heterocycles. The molecule has 0 aromatic heterocycles. The maximum Gasteiger partial charge on any atom is 0.123 e. The summed E-state index contributed by atoms with van der Waals surface area (Å²) < 4.78 is 13.2. The molecule has 3 rings (SSSR count). The Morgan fingerprint density at radius 1 is 1.15 bits per heavy atom. The lowest BCUT2D eigenvalue weighted by atomic mass is 9.78. The Morgan fingerprint density at radius 2 is 2.00 bits per heavy atom. The number of fused-ring (bicyclic) bond motifs is 1. The molecular formula is C18H19FO. The van der Waals surface area contributed by atoms with Crippen LogP contribution in [-0.4, -0.2) is 11.2 Å². The van der Waals surface area contributed by atoms with Gasteiger partial charge >= 0.3 is 0 Å². The first-order chi connectivity index (χ1) is 9.74. The summed E-state index contributed by atoms with van der Waals surface area (Å²) in [6, 6.07) is 14.9. The molecule has 0 fully saturated rings. The van der Waals surface area contributed by atoms with Crippen LogP contribution in [0.4, 0.5) is 4.39 Å². The van der Waals surface area contributed by atoms with Gasteiger partial charge in [-0.05, 0) is 54.5 Å². The number of aliphatic hydroxyl groups is 1. The van der Waals surface area contributed by atoms with Gasteiger partial charge in [-0.3, -0.25) is 0 Å². The van der Waals surface area contributed by atoms with E-state index < -0.39 is 6.10 Å². The average Bonchev–Trinajstić information content (AvgIpc) is 2.46. The zero-order chi connectivity index (χ0) is 13.9. The molecule has 2 atom stereocenters. The second-order valence-corrected chi connectivity index (χ2v) is 5.60. The molecule has 2 aromatic rings. The van der Waals surface area contributed by atoms with Crippen molar-refractivity contribution in [2.24, 2.45) is 0 Å². The van der Waals surface area contributed by atoms with Crippen molar-refractivity contribution >= 4 is 0 Å².